The number of aliphatic imine (C=N–C) groups is 1. The van der Waals surface area contributed by atoms with Gasteiger partial charge in [-0.05, 0) is 48.4 Å². The van der Waals surface area contributed by atoms with E-state index in [2.05, 4.69) is 25.9 Å². The molecule has 4 aromatic rings. The summed E-state index contributed by atoms with van der Waals surface area (Å²) in [5, 5.41) is 9.32. The minimum atomic E-state index is -1.07. The lowest BCUT2D eigenvalue weighted by molar-refractivity contribution is -0.133. The third-order valence-electron chi connectivity index (χ3n) is 7.98. The molecule has 0 saturated heterocycles. The van der Waals surface area contributed by atoms with Crippen molar-refractivity contribution >= 4 is 40.5 Å². The van der Waals surface area contributed by atoms with Crippen LogP contribution in [0.2, 0.25) is 0 Å². The molecule has 12 heteroatoms. The second-order valence-electron chi connectivity index (χ2n) is 11.7. The van der Waals surface area contributed by atoms with E-state index >= 15 is 0 Å². The quantitative estimate of drug-likeness (QED) is 0.0485. The molecule has 0 unspecified atom stereocenters. The van der Waals surface area contributed by atoms with Gasteiger partial charge < -0.3 is 38.1 Å². The number of aryl methyl sites for hydroxylation is 1. The second kappa shape index (κ2) is 17.9. The van der Waals surface area contributed by atoms with E-state index in [0.717, 1.165) is 34.0 Å². The van der Waals surface area contributed by atoms with Crippen LogP contribution in [0, 0.1) is 0 Å². The Morgan fingerprint density at radius 1 is 0.688 bits per heavy atom. The molecule has 0 aliphatic carbocycles. The van der Waals surface area contributed by atoms with Crippen LogP contribution in [0.4, 0.5) is 0 Å². The number of hydrogen-bond donors (Lipinski definition) is 7. The molecule has 0 fully saturated rings. The zero-order valence-corrected chi connectivity index (χ0v) is 26.9. The molecule has 0 aliphatic heterocycles. The average molecular weight is 653 g/mol. The molecule has 3 aromatic carbocycles. The summed E-state index contributed by atoms with van der Waals surface area (Å²) in [6, 6.07) is 23.7. The van der Waals surface area contributed by atoms with E-state index in [1.165, 1.54) is 0 Å². The lowest BCUT2D eigenvalue weighted by Gasteiger charge is -2.25. The van der Waals surface area contributed by atoms with Gasteiger partial charge in [-0.1, -0.05) is 78.9 Å². The molecule has 48 heavy (non-hydrogen) atoms. The largest absolute Gasteiger partial charge is 0.370 e. The highest BCUT2D eigenvalue weighted by atomic mass is 16.2. The Bertz CT molecular complexity index is 1690. The lowest BCUT2D eigenvalue weighted by Crippen LogP contribution is -2.57. The van der Waals surface area contributed by atoms with Crippen LogP contribution in [0.3, 0.4) is 0 Å². The number of aromatic amines is 1. The molecule has 4 rings (SSSR count). The van der Waals surface area contributed by atoms with Gasteiger partial charge in [0.2, 0.25) is 23.6 Å². The average Bonchev–Trinajstić information content (AvgIpc) is 3.48. The molecular formula is C36H44N8O4. The molecule has 0 bridgehead atoms. The van der Waals surface area contributed by atoms with Crippen molar-refractivity contribution in [2.75, 3.05) is 6.54 Å². The molecule has 0 saturated carbocycles. The van der Waals surface area contributed by atoms with Crippen LogP contribution in [0.5, 0.6) is 0 Å². The van der Waals surface area contributed by atoms with Crippen molar-refractivity contribution in [2.24, 2.45) is 22.2 Å². The number of benzene rings is 3. The number of primary amides is 1. The summed E-state index contributed by atoms with van der Waals surface area (Å²) in [7, 11) is 0. The highest BCUT2D eigenvalue weighted by Gasteiger charge is 2.29. The first-order valence-corrected chi connectivity index (χ1v) is 16.1. The van der Waals surface area contributed by atoms with Gasteiger partial charge in [0.25, 0.3) is 0 Å². The molecule has 252 valence electrons. The van der Waals surface area contributed by atoms with Gasteiger partial charge in [-0.3, -0.25) is 24.2 Å². The molecule has 4 amide bonds. The molecule has 3 atom stereocenters. The number of carbonyl (C=O) groups is 4. The Balaban J connectivity index is 1.47. The summed E-state index contributed by atoms with van der Waals surface area (Å²) in [4.78, 5) is 60.1. The monoisotopic (exact) mass is 652 g/mol. The summed E-state index contributed by atoms with van der Waals surface area (Å²) in [6.45, 7) is 0.224. The molecule has 0 aliphatic rings. The van der Waals surface area contributed by atoms with E-state index in [1.54, 1.807) is 6.20 Å². The molecule has 10 N–H and O–H groups in total. The highest BCUT2D eigenvalue weighted by Crippen LogP contribution is 2.19. The van der Waals surface area contributed by atoms with Crippen LogP contribution >= 0.6 is 0 Å². The zero-order chi connectivity index (χ0) is 34.3. The Morgan fingerprint density at radius 3 is 2.00 bits per heavy atom. The van der Waals surface area contributed by atoms with Crippen LogP contribution in [0.25, 0.3) is 10.9 Å². The van der Waals surface area contributed by atoms with Crippen LogP contribution in [-0.4, -0.2) is 59.2 Å². The number of nitrogens with zero attached hydrogens (tertiary/aromatic N) is 1. The van der Waals surface area contributed by atoms with E-state index in [4.69, 9.17) is 17.2 Å². The van der Waals surface area contributed by atoms with Crippen LogP contribution in [0.1, 0.15) is 42.4 Å². The van der Waals surface area contributed by atoms with Crippen LogP contribution < -0.4 is 33.2 Å². The summed E-state index contributed by atoms with van der Waals surface area (Å²) in [6.07, 6.45) is 4.21. The maximum Gasteiger partial charge on any atom is 0.243 e. The number of rotatable bonds is 18. The molecule has 0 radical (unpaired) electrons. The standard InChI is InChI=1S/C36H44N8O4/c37-33(46)30(22-26-23-41-28-17-8-7-16-27(26)28)44-34(47)29(18-10-20-40-36(38)39)43-35(48)31(21-25-13-5-2-6-14-25)42-32(45)19-9-15-24-11-3-1-4-12-24/h1-8,11-14,16-17,23,29-31,41H,9-10,15,18-22H2,(H2,37,46)(H,42,45)(H,43,48)(H,44,47)(H4,38,39,40)/t29-,30-,31+/m0/s1. The van der Waals surface area contributed by atoms with Crippen molar-refractivity contribution in [1.82, 2.24) is 20.9 Å². The van der Waals surface area contributed by atoms with E-state index in [1.807, 2.05) is 84.9 Å². The van der Waals surface area contributed by atoms with Crippen LogP contribution in [0.15, 0.2) is 96.1 Å². The normalized spacial score (nSPS) is 12.8. The van der Waals surface area contributed by atoms with Gasteiger partial charge in [0.15, 0.2) is 5.96 Å². The SMILES string of the molecule is NC(=O)[C@H](Cc1c[nH]c2ccccc12)NC(=O)[C@H](CCCN=C(N)N)NC(=O)[C@@H](Cc1ccccc1)NC(=O)CCCc1ccccc1. The summed E-state index contributed by atoms with van der Waals surface area (Å²) >= 11 is 0. The fraction of sp³-hybridized carbons (Fsp3) is 0.306. The van der Waals surface area contributed by atoms with Crippen molar-refractivity contribution in [1.29, 1.82) is 0 Å². The smallest absolute Gasteiger partial charge is 0.243 e. The van der Waals surface area contributed by atoms with Gasteiger partial charge >= 0.3 is 0 Å². The Kier molecular flexibility index (Phi) is 13.1. The number of H-pyrrole nitrogens is 1. The van der Waals surface area contributed by atoms with Gasteiger partial charge in [-0.2, -0.15) is 0 Å². The molecule has 0 spiro atoms. The van der Waals surface area contributed by atoms with Crippen molar-refractivity contribution in [3.63, 3.8) is 0 Å². The highest BCUT2D eigenvalue weighted by molar-refractivity contribution is 5.94. The van der Waals surface area contributed by atoms with Crippen molar-refractivity contribution in [3.05, 3.63) is 108 Å². The number of fused-ring (bicyclic) bond motifs is 1. The molecule has 12 nitrogen and oxygen atoms in total. The number of carbonyl (C=O) groups excluding carboxylic acids is 4. The number of nitrogens with two attached hydrogens (primary N) is 3. The molecule has 1 heterocycles. The number of nitrogens with one attached hydrogen (secondary N) is 4. The second-order valence-corrected chi connectivity index (χ2v) is 11.7. The fourth-order valence-corrected chi connectivity index (χ4v) is 5.48. The van der Waals surface area contributed by atoms with Crippen LogP contribution in [-0.2, 0) is 38.4 Å². The van der Waals surface area contributed by atoms with Gasteiger partial charge in [0.1, 0.15) is 18.1 Å². The first-order valence-electron chi connectivity index (χ1n) is 16.1. The van der Waals surface area contributed by atoms with Gasteiger partial charge in [-0.15, -0.1) is 0 Å². The number of amides is 4. The summed E-state index contributed by atoms with van der Waals surface area (Å²) in [5.41, 5.74) is 20.3. The molecule has 1 aromatic heterocycles. The number of aromatic nitrogens is 1. The summed E-state index contributed by atoms with van der Waals surface area (Å²) < 4.78 is 0. The summed E-state index contributed by atoms with van der Waals surface area (Å²) in [5.74, 6) is -2.22. The van der Waals surface area contributed by atoms with Gasteiger partial charge in [0.05, 0.1) is 0 Å². The third-order valence-corrected chi connectivity index (χ3v) is 7.98. The third kappa shape index (κ3) is 11.0. The fourth-order valence-electron chi connectivity index (χ4n) is 5.48. The van der Waals surface area contributed by atoms with E-state index in [9.17, 15) is 19.2 Å². The zero-order valence-electron chi connectivity index (χ0n) is 26.9. The predicted octanol–water partition coefficient (Wildman–Crippen LogP) is 1.97. The first-order chi connectivity index (χ1) is 23.2. The van der Waals surface area contributed by atoms with Crippen molar-refractivity contribution < 1.29 is 19.2 Å². The maximum absolute atomic E-state index is 13.8. The topological polar surface area (TPSA) is 211 Å². The van der Waals surface area contributed by atoms with Gasteiger partial charge in [0, 0.05) is 42.9 Å². The van der Waals surface area contributed by atoms with Crippen molar-refractivity contribution in [2.45, 2.75) is 63.1 Å². The lowest BCUT2D eigenvalue weighted by atomic mass is 10.0. The predicted molar refractivity (Wildman–Crippen MR) is 186 cm³/mol. The Labute approximate surface area is 279 Å². The van der Waals surface area contributed by atoms with Gasteiger partial charge in [-0.25, -0.2) is 0 Å². The number of guanidine groups is 1. The van der Waals surface area contributed by atoms with Crippen molar-refractivity contribution in [3.8, 4) is 0 Å². The molecular weight excluding hydrogens is 608 g/mol. The van der Waals surface area contributed by atoms with E-state index in [0.29, 0.717) is 12.8 Å². The Morgan fingerprint density at radius 2 is 1.31 bits per heavy atom. The number of para-hydroxylation sites is 1. The minimum Gasteiger partial charge on any atom is -0.370 e. The van der Waals surface area contributed by atoms with E-state index < -0.39 is 35.8 Å². The number of hydrogen-bond acceptors (Lipinski definition) is 5. The first kappa shape index (κ1) is 35.2. The van der Waals surface area contributed by atoms with E-state index in [-0.39, 0.29) is 44.1 Å². The minimum absolute atomic E-state index is 0.0922. The Hall–Kier alpha value is -5.65. The maximum atomic E-state index is 13.8.